The first-order valence-electron chi connectivity index (χ1n) is 7.26. The number of anilines is 1. The molecule has 2 aromatic rings. The zero-order valence-electron chi connectivity index (χ0n) is 12.1. The molecule has 0 saturated carbocycles. The lowest BCUT2D eigenvalue weighted by atomic mass is 10.1. The van der Waals surface area contributed by atoms with E-state index in [2.05, 4.69) is 10.3 Å². The highest BCUT2D eigenvalue weighted by Crippen LogP contribution is 2.21. The summed E-state index contributed by atoms with van der Waals surface area (Å²) in [4.78, 5) is 30.1. The van der Waals surface area contributed by atoms with Gasteiger partial charge in [0.2, 0.25) is 11.8 Å². The SMILES string of the molecule is O=C(Nc1ccccn1)C1CC(=O)N(Cc2ccccc2)C1. The average molecular weight is 295 g/mol. The van der Waals surface area contributed by atoms with Crippen LogP contribution in [0.15, 0.2) is 54.7 Å². The van der Waals surface area contributed by atoms with Crippen LogP contribution in [0.1, 0.15) is 12.0 Å². The molecule has 0 radical (unpaired) electrons. The minimum absolute atomic E-state index is 0.0185. The fourth-order valence-corrected chi connectivity index (χ4v) is 2.57. The highest BCUT2D eigenvalue weighted by molar-refractivity contribution is 5.96. The summed E-state index contributed by atoms with van der Waals surface area (Å²) in [6.45, 7) is 0.999. The minimum Gasteiger partial charge on any atom is -0.338 e. The van der Waals surface area contributed by atoms with Gasteiger partial charge in [-0.05, 0) is 17.7 Å². The number of benzene rings is 1. The van der Waals surface area contributed by atoms with Crippen LogP contribution in [0.5, 0.6) is 0 Å². The molecule has 5 heteroatoms. The smallest absolute Gasteiger partial charge is 0.230 e. The second-order valence-corrected chi connectivity index (χ2v) is 5.37. The second kappa shape index (κ2) is 6.39. The van der Waals surface area contributed by atoms with Crippen molar-refractivity contribution in [2.45, 2.75) is 13.0 Å². The fourth-order valence-electron chi connectivity index (χ4n) is 2.57. The van der Waals surface area contributed by atoms with E-state index in [4.69, 9.17) is 0 Å². The first kappa shape index (κ1) is 14.3. The number of hydrogen-bond acceptors (Lipinski definition) is 3. The molecule has 0 aliphatic carbocycles. The molecule has 1 aromatic heterocycles. The molecule has 112 valence electrons. The third kappa shape index (κ3) is 3.31. The largest absolute Gasteiger partial charge is 0.338 e. The molecule has 3 rings (SSSR count). The molecule has 0 spiro atoms. The summed E-state index contributed by atoms with van der Waals surface area (Å²) >= 11 is 0. The Hall–Kier alpha value is -2.69. The number of nitrogens with zero attached hydrogens (tertiary/aromatic N) is 2. The van der Waals surface area contributed by atoms with Gasteiger partial charge in [-0.15, -0.1) is 0 Å². The van der Waals surface area contributed by atoms with Crippen molar-refractivity contribution in [2.75, 3.05) is 11.9 Å². The van der Waals surface area contributed by atoms with Crippen molar-refractivity contribution < 1.29 is 9.59 Å². The Balaban J connectivity index is 1.60. The molecular weight excluding hydrogens is 278 g/mol. The van der Waals surface area contributed by atoms with E-state index >= 15 is 0 Å². The van der Waals surface area contributed by atoms with Gasteiger partial charge in [0.1, 0.15) is 5.82 Å². The van der Waals surface area contributed by atoms with Gasteiger partial charge in [-0.1, -0.05) is 36.4 Å². The van der Waals surface area contributed by atoms with E-state index in [1.807, 2.05) is 36.4 Å². The maximum absolute atomic E-state index is 12.2. The minimum atomic E-state index is -0.321. The van der Waals surface area contributed by atoms with Crippen molar-refractivity contribution in [2.24, 2.45) is 5.92 Å². The van der Waals surface area contributed by atoms with Gasteiger partial charge in [-0.25, -0.2) is 4.98 Å². The molecule has 1 saturated heterocycles. The number of carbonyl (C=O) groups is 2. The summed E-state index contributed by atoms with van der Waals surface area (Å²) in [5.41, 5.74) is 1.07. The predicted molar refractivity (Wildman–Crippen MR) is 82.8 cm³/mol. The van der Waals surface area contributed by atoms with Gasteiger partial charge in [0.25, 0.3) is 0 Å². The standard InChI is InChI=1S/C17H17N3O2/c21-16-10-14(17(22)19-15-8-4-5-9-18-15)12-20(16)11-13-6-2-1-3-7-13/h1-9,14H,10-12H2,(H,18,19,22). The Morgan fingerprint density at radius 1 is 1.18 bits per heavy atom. The maximum Gasteiger partial charge on any atom is 0.230 e. The van der Waals surface area contributed by atoms with Crippen molar-refractivity contribution in [3.05, 3.63) is 60.3 Å². The number of aromatic nitrogens is 1. The number of nitrogens with one attached hydrogen (secondary N) is 1. The Morgan fingerprint density at radius 2 is 1.95 bits per heavy atom. The van der Waals surface area contributed by atoms with E-state index in [-0.39, 0.29) is 24.2 Å². The van der Waals surface area contributed by atoms with Crippen LogP contribution in [0, 0.1) is 5.92 Å². The van der Waals surface area contributed by atoms with Crippen molar-refractivity contribution in [3.8, 4) is 0 Å². The van der Waals surface area contributed by atoms with E-state index in [1.54, 1.807) is 23.2 Å². The summed E-state index contributed by atoms with van der Waals surface area (Å²) in [6.07, 6.45) is 1.88. The lowest BCUT2D eigenvalue weighted by Crippen LogP contribution is -2.28. The van der Waals surface area contributed by atoms with Crippen LogP contribution in [-0.2, 0) is 16.1 Å². The Morgan fingerprint density at radius 3 is 2.68 bits per heavy atom. The van der Waals surface area contributed by atoms with E-state index < -0.39 is 0 Å². The van der Waals surface area contributed by atoms with Crippen LogP contribution in [-0.4, -0.2) is 28.2 Å². The average Bonchev–Trinajstić information content (AvgIpc) is 2.90. The molecule has 1 N–H and O–H groups in total. The molecule has 1 unspecified atom stereocenters. The molecule has 5 nitrogen and oxygen atoms in total. The number of hydrogen-bond donors (Lipinski definition) is 1. The van der Waals surface area contributed by atoms with Crippen molar-refractivity contribution in [1.82, 2.24) is 9.88 Å². The zero-order chi connectivity index (χ0) is 15.4. The molecule has 1 aliphatic heterocycles. The summed E-state index contributed by atoms with van der Waals surface area (Å²) in [6, 6.07) is 15.1. The van der Waals surface area contributed by atoms with Gasteiger partial charge >= 0.3 is 0 Å². The number of amides is 2. The van der Waals surface area contributed by atoms with Crippen LogP contribution in [0.25, 0.3) is 0 Å². The second-order valence-electron chi connectivity index (χ2n) is 5.37. The van der Waals surface area contributed by atoms with Crippen LogP contribution in [0.3, 0.4) is 0 Å². The van der Waals surface area contributed by atoms with E-state index in [0.717, 1.165) is 5.56 Å². The normalized spacial score (nSPS) is 17.5. The quantitative estimate of drug-likeness (QED) is 0.939. The number of pyridine rings is 1. The molecule has 2 heterocycles. The summed E-state index contributed by atoms with van der Waals surface area (Å²) < 4.78 is 0. The van der Waals surface area contributed by atoms with Crippen LogP contribution < -0.4 is 5.32 Å². The predicted octanol–water partition coefficient (Wildman–Crippen LogP) is 2.07. The third-order valence-corrected chi connectivity index (χ3v) is 3.72. The topological polar surface area (TPSA) is 62.3 Å². The molecule has 1 fully saturated rings. The highest BCUT2D eigenvalue weighted by Gasteiger charge is 2.34. The lowest BCUT2D eigenvalue weighted by molar-refractivity contribution is -0.128. The summed E-state index contributed by atoms with van der Waals surface area (Å²) in [5, 5.41) is 2.76. The van der Waals surface area contributed by atoms with Gasteiger partial charge < -0.3 is 10.2 Å². The Kier molecular flexibility index (Phi) is 4.14. The summed E-state index contributed by atoms with van der Waals surface area (Å²) in [5.74, 6) is 0.0623. The zero-order valence-corrected chi connectivity index (χ0v) is 12.1. The Bertz CT molecular complexity index is 658. The third-order valence-electron chi connectivity index (χ3n) is 3.72. The monoisotopic (exact) mass is 295 g/mol. The first-order valence-corrected chi connectivity index (χ1v) is 7.26. The van der Waals surface area contributed by atoms with Gasteiger partial charge in [0.05, 0.1) is 5.92 Å². The molecule has 2 amide bonds. The van der Waals surface area contributed by atoms with Crippen LogP contribution in [0.2, 0.25) is 0 Å². The molecule has 1 atom stereocenters. The van der Waals surface area contributed by atoms with Crippen LogP contribution >= 0.6 is 0 Å². The van der Waals surface area contributed by atoms with E-state index in [9.17, 15) is 9.59 Å². The van der Waals surface area contributed by atoms with Crippen LogP contribution in [0.4, 0.5) is 5.82 Å². The van der Waals surface area contributed by atoms with Crippen molar-refractivity contribution in [1.29, 1.82) is 0 Å². The van der Waals surface area contributed by atoms with Gasteiger partial charge in [-0.2, -0.15) is 0 Å². The van der Waals surface area contributed by atoms with E-state index in [0.29, 0.717) is 18.9 Å². The van der Waals surface area contributed by atoms with Crippen molar-refractivity contribution in [3.63, 3.8) is 0 Å². The van der Waals surface area contributed by atoms with E-state index in [1.165, 1.54) is 0 Å². The molecule has 1 aromatic carbocycles. The van der Waals surface area contributed by atoms with Crippen molar-refractivity contribution >= 4 is 17.6 Å². The fraction of sp³-hybridized carbons (Fsp3) is 0.235. The summed E-state index contributed by atoms with van der Waals surface area (Å²) in [7, 11) is 0. The first-order chi connectivity index (χ1) is 10.7. The highest BCUT2D eigenvalue weighted by atomic mass is 16.2. The molecule has 0 bridgehead atoms. The van der Waals surface area contributed by atoms with Gasteiger partial charge in [0, 0.05) is 25.7 Å². The Labute approximate surface area is 129 Å². The number of carbonyl (C=O) groups excluding carboxylic acids is 2. The van der Waals surface area contributed by atoms with Gasteiger partial charge in [0.15, 0.2) is 0 Å². The lowest BCUT2D eigenvalue weighted by Gasteiger charge is -2.16. The number of rotatable bonds is 4. The molecule has 22 heavy (non-hydrogen) atoms. The number of likely N-dealkylation sites (tertiary alicyclic amines) is 1. The molecular formula is C17H17N3O2. The van der Waals surface area contributed by atoms with Gasteiger partial charge in [-0.3, -0.25) is 9.59 Å². The maximum atomic E-state index is 12.2. The molecule has 1 aliphatic rings.